The van der Waals surface area contributed by atoms with Crippen LogP contribution in [0.4, 0.5) is 0 Å². The third kappa shape index (κ3) is 5.34. The molecule has 6 heteroatoms. The molecule has 23 heavy (non-hydrogen) atoms. The summed E-state index contributed by atoms with van der Waals surface area (Å²) in [5.41, 5.74) is 4.09. The maximum atomic E-state index is 11.7. The molecule has 0 aromatic heterocycles. The first-order chi connectivity index (χ1) is 11.2. The van der Waals surface area contributed by atoms with E-state index < -0.39 is 0 Å². The highest BCUT2D eigenvalue weighted by Gasteiger charge is 2.05. The summed E-state index contributed by atoms with van der Waals surface area (Å²) in [6.45, 7) is 0. The number of hydrogen-bond donors (Lipinski definition) is 2. The number of carbonyl (C=O) groups excluding carboxylic acids is 1. The Morgan fingerprint density at radius 3 is 2.78 bits per heavy atom. The average Bonchev–Trinajstić information content (AvgIpc) is 2.57. The molecule has 0 radical (unpaired) electrons. The summed E-state index contributed by atoms with van der Waals surface area (Å²) in [4.78, 5) is 11.7. The molecule has 0 heterocycles. The van der Waals surface area contributed by atoms with Crippen molar-refractivity contribution < 1.29 is 14.6 Å². The third-order valence-corrected chi connectivity index (χ3v) is 3.99. The van der Waals surface area contributed by atoms with Crippen LogP contribution < -0.4 is 10.2 Å². The van der Waals surface area contributed by atoms with Gasteiger partial charge in [0, 0.05) is 11.3 Å². The van der Waals surface area contributed by atoms with Gasteiger partial charge in [-0.25, -0.2) is 5.43 Å². The lowest BCUT2D eigenvalue weighted by atomic mass is 10.2. The van der Waals surface area contributed by atoms with E-state index in [9.17, 15) is 9.90 Å². The fourth-order valence-corrected chi connectivity index (χ4v) is 2.63. The number of nitrogens with one attached hydrogen (secondary N) is 1. The maximum Gasteiger partial charge on any atom is 0.250 e. The molecule has 0 aliphatic carbocycles. The number of benzene rings is 2. The molecule has 2 N–H and O–H groups in total. The fourth-order valence-electron chi connectivity index (χ4n) is 1.85. The number of phenolic OH excluding ortho intramolecular Hbond substituents is 1. The van der Waals surface area contributed by atoms with E-state index >= 15 is 0 Å². The minimum atomic E-state index is -0.190. The lowest BCUT2D eigenvalue weighted by Gasteiger charge is -2.05. The predicted molar refractivity (Wildman–Crippen MR) is 93.0 cm³/mol. The van der Waals surface area contributed by atoms with Crippen molar-refractivity contribution in [2.45, 2.75) is 5.75 Å². The minimum absolute atomic E-state index is 0.00792. The van der Waals surface area contributed by atoms with Gasteiger partial charge in [-0.3, -0.25) is 4.79 Å². The van der Waals surface area contributed by atoms with Crippen LogP contribution >= 0.6 is 11.8 Å². The number of thioether (sulfide) groups is 1. The molecule has 0 unspecified atom stereocenters. The van der Waals surface area contributed by atoms with Gasteiger partial charge in [-0.2, -0.15) is 5.10 Å². The quantitative estimate of drug-likeness (QED) is 0.605. The van der Waals surface area contributed by atoms with Gasteiger partial charge in [0.2, 0.25) is 5.91 Å². The summed E-state index contributed by atoms with van der Waals surface area (Å²) in [5, 5.41) is 13.7. The first kappa shape index (κ1) is 16.9. The fraction of sp³-hybridized carbons (Fsp3) is 0.176. The monoisotopic (exact) mass is 330 g/mol. The summed E-state index contributed by atoms with van der Waals surface area (Å²) in [6, 6.07) is 15.0. The Morgan fingerprint density at radius 1 is 1.26 bits per heavy atom. The van der Waals surface area contributed by atoms with Crippen molar-refractivity contribution in [3.8, 4) is 11.5 Å². The van der Waals surface area contributed by atoms with Gasteiger partial charge in [0.1, 0.15) is 0 Å². The zero-order valence-corrected chi connectivity index (χ0v) is 13.5. The average molecular weight is 330 g/mol. The molecule has 2 aromatic rings. The van der Waals surface area contributed by atoms with Crippen molar-refractivity contribution in [3.05, 3.63) is 59.7 Å². The molecule has 0 bridgehead atoms. The molecule has 0 aliphatic rings. The van der Waals surface area contributed by atoms with Crippen molar-refractivity contribution >= 4 is 23.9 Å². The van der Waals surface area contributed by atoms with Gasteiger partial charge < -0.3 is 9.84 Å². The summed E-state index contributed by atoms with van der Waals surface area (Å²) < 4.78 is 5.01. The first-order valence-corrected chi connectivity index (χ1v) is 8.15. The van der Waals surface area contributed by atoms with E-state index in [1.165, 1.54) is 30.6 Å². The van der Waals surface area contributed by atoms with Crippen LogP contribution in [-0.4, -0.2) is 30.1 Å². The van der Waals surface area contributed by atoms with Crippen LogP contribution in [0.3, 0.4) is 0 Å². The van der Waals surface area contributed by atoms with E-state index in [1.54, 1.807) is 18.2 Å². The van der Waals surface area contributed by atoms with E-state index in [2.05, 4.69) is 10.5 Å². The largest absolute Gasteiger partial charge is 0.504 e. The maximum absolute atomic E-state index is 11.7. The lowest BCUT2D eigenvalue weighted by molar-refractivity contribution is -0.118. The molecule has 0 fully saturated rings. The van der Waals surface area contributed by atoms with Crippen LogP contribution in [0.5, 0.6) is 11.5 Å². The van der Waals surface area contributed by atoms with Gasteiger partial charge in [-0.15, -0.1) is 11.8 Å². The number of para-hydroxylation sites is 1. The highest BCUT2D eigenvalue weighted by molar-refractivity contribution is 7.99. The summed E-state index contributed by atoms with van der Waals surface area (Å²) in [5.74, 6) is 1.25. The Bertz CT molecular complexity index is 675. The zero-order chi connectivity index (χ0) is 16.5. The number of nitrogens with zero attached hydrogens (tertiary/aromatic N) is 1. The number of carbonyl (C=O) groups is 1. The zero-order valence-electron chi connectivity index (χ0n) is 12.7. The number of ether oxygens (including phenoxy) is 1. The highest BCUT2D eigenvalue weighted by atomic mass is 32.2. The minimum Gasteiger partial charge on any atom is -0.504 e. The molecular weight excluding hydrogens is 312 g/mol. The number of hydrogen-bond acceptors (Lipinski definition) is 5. The van der Waals surface area contributed by atoms with E-state index in [-0.39, 0.29) is 11.7 Å². The van der Waals surface area contributed by atoms with Crippen LogP contribution in [0.1, 0.15) is 11.1 Å². The van der Waals surface area contributed by atoms with Gasteiger partial charge in [0.25, 0.3) is 0 Å². The van der Waals surface area contributed by atoms with Crippen LogP contribution in [-0.2, 0) is 10.5 Å². The molecule has 0 aliphatic heterocycles. The molecule has 0 saturated heterocycles. The second kappa shape index (κ2) is 8.85. The second-order valence-corrected chi connectivity index (χ2v) is 5.66. The van der Waals surface area contributed by atoms with Crippen LogP contribution in [0.25, 0.3) is 0 Å². The molecule has 120 valence electrons. The van der Waals surface area contributed by atoms with E-state index in [0.29, 0.717) is 17.1 Å². The number of hydrazone groups is 1. The summed E-state index contributed by atoms with van der Waals surface area (Å²) in [6.07, 6.45) is 1.39. The number of rotatable bonds is 7. The van der Waals surface area contributed by atoms with Crippen LogP contribution in [0, 0.1) is 0 Å². The van der Waals surface area contributed by atoms with Crippen molar-refractivity contribution in [1.82, 2.24) is 5.43 Å². The molecule has 1 amide bonds. The Kier molecular flexibility index (Phi) is 6.50. The van der Waals surface area contributed by atoms with E-state index in [1.807, 2.05) is 30.3 Å². The van der Waals surface area contributed by atoms with Crippen LogP contribution in [0.15, 0.2) is 53.6 Å². The summed E-state index contributed by atoms with van der Waals surface area (Å²) in [7, 11) is 1.47. The van der Waals surface area contributed by atoms with Gasteiger partial charge >= 0.3 is 0 Å². The number of aromatic hydroxyl groups is 1. The molecule has 2 aromatic carbocycles. The second-order valence-electron chi connectivity index (χ2n) is 4.67. The van der Waals surface area contributed by atoms with Gasteiger partial charge in [0.05, 0.1) is 19.1 Å². The molecule has 2 rings (SSSR count). The van der Waals surface area contributed by atoms with Crippen molar-refractivity contribution in [1.29, 1.82) is 0 Å². The van der Waals surface area contributed by atoms with Crippen molar-refractivity contribution in [3.63, 3.8) is 0 Å². The number of amides is 1. The standard InChI is InChI=1S/C17H18N2O3S/c1-22-15-9-5-8-14(17(15)21)10-18-19-16(20)12-23-11-13-6-3-2-4-7-13/h2-10,21H,11-12H2,1H3,(H,19,20)/b18-10+. The molecule has 0 atom stereocenters. The predicted octanol–water partition coefficient (Wildman–Crippen LogP) is 2.78. The smallest absolute Gasteiger partial charge is 0.250 e. The highest BCUT2D eigenvalue weighted by Crippen LogP contribution is 2.27. The topological polar surface area (TPSA) is 70.9 Å². The molecule has 0 spiro atoms. The summed E-state index contributed by atoms with van der Waals surface area (Å²) >= 11 is 1.51. The van der Waals surface area contributed by atoms with Crippen molar-refractivity contribution in [2.75, 3.05) is 12.9 Å². The molecule has 0 saturated carbocycles. The third-order valence-electron chi connectivity index (χ3n) is 2.99. The van der Waals surface area contributed by atoms with Gasteiger partial charge in [0.15, 0.2) is 11.5 Å². The first-order valence-electron chi connectivity index (χ1n) is 7.00. The van der Waals surface area contributed by atoms with Gasteiger partial charge in [-0.1, -0.05) is 36.4 Å². The lowest BCUT2D eigenvalue weighted by Crippen LogP contribution is -2.19. The normalized spacial score (nSPS) is 10.7. The number of phenols is 1. The van der Waals surface area contributed by atoms with Crippen LogP contribution in [0.2, 0.25) is 0 Å². The SMILES string of the molecule is COc1cccc(/C=N/NC(=O)CSCc2ccccc2)c1O. The number of methoxy groups -OCH3 is 1. The Morgan fingerprint density at radius 2 is 2.04 bits per heavy atom. The van der Waals surface area contributed by atoms with Crippen molar-refractivity contribution in [2.24, 2.45) is 5.10 Å². The van der Waals surface area contributed by atoms with E-state index in [4.69, 9.17) is 4.74 Å². The molecular formula is C17H18N2O3S. The molecule has 5 nitrogen and oxygen atoms in total. The van der Waals surface area contributed by atoms with Gasteiger partial charge in [-0.05, 0) is 17.7 Å². The Balaban J connectivity index is 1.78. The van der Waals surface area contributed by atoms with E-state index in [0.717, 1.165) is 5.75 Å². The Hall–Kier alpha value is -2.47. The Labute approximate surface area is 139 Å².